The van der Waals surface area contributed by atoms with E-state index in [4.69, 9.17) is 4.74 Å². The minimum absolute atomic E-state index is 0.0167. The third kappa shape index (κ3) is 5.88. The van der Waals surface area contributed by atoms with Crippen LogP contribution in [0.25, 0.3) is 0 Å². The van der Waals surface area contributed by atoms with Crippen molar-refractivity contribution in [2.24, 2.45) is 5.92 Å². The molecule has 3 fully saturated rings. The molecule has 3 rings (SSSR count). The Morgan fingerprint density at radius 1 is 1.17 bits per heavy atom. The highest BCUT2D eigenvalue weighted by Gasteiger charge is 2.45. The van der Waals surface area contributed by atoms with Gasteiger partial charge in [0.1, 0.15) is 12.2 Å². The van der Waals surface area contributed by atoms with Gasteiger partial charge in [0.05, 0.1) is 31.4 Å². The van der Waals surface area contributed by atoms with Crippen LogP contribution < -0.4 is 11.0 Å². The third-order valence-corrected chi connectivity index (χ3v) is 6.55. The molecule has 0 bridgehead atoms. The number of carbonyl (C=O) groups excluding carboxylic acids is 1. The number of likely N-dealkylation sites (tertiary alicyclic amines) is 1. The maximum absolute atomic E-state index is 14.7. The number of alkyl halides is 1. The van der Waals surface area contributed by atoms with Gasteiger partial charge in [0, 0.05) is 13.1 Å². The van der Waals surface area contributed by atoms with Crippen LogP contribution in [0.1, 0.15) is 65.2 Å². The molecule has 8 heteroatoms. The molecule has 0 aromatic carbocycles. The summed E-state index contributed by atoms with van der Waals surface area (Å²) in [6, 6.07) is -0.434. The van der Waals surface area contributed by atoms with Gasteiger partial charge >= 0.3 is 0 Å². The Balaban J connectivity index is 1.67. The molecule has 4 atom stereocenters. The molecule has 2 heterocycles. The summed E-state index contributed by atoms with van der Waals surface area (Å²) in [5.74, 6) is 0.344. The van der Waals surface area contributed by atoms with Crippen molar-refractivity contribution < 1.29 is 19.0 Å². The van der Waals surface area contributed by atoms with Gasteiger partial charge in [-0.3, -0.25) is 4.79 Å². The number of nitrogens with zero attached hydrogens (tertiary/aromatic N) is 2. The molecule has 2 aliphatic heterocycles. The van der Waals surface area contributed by atoms with Gasteiger partial charge in [0.25, 0.3) is 0 Å². The number of ether oxygens (including phenoxy) is 1. The van der Waals surface area contributed by atoms with Gasteiger partial charge in [0.2, 0.25) is 5.91 Å². The molecular formula is C21H39FN4O3. The van der Waals surface area contributed by atoms with Crippen molar-refractivity contribution in [1.29, 1.82) is 0 Å². The lowest BCUT2D eigenvalue weighted by molar-refractivity contribution is -0.141. The summed E-state index contributed by atoms with van der Waals surface area (Å²) < 4.78 is 20.3. The monoisotopic (exact) mass is 414 g/mol. The van der Waals surface area contributed by atoms with Crippen molar-refractivity contribution in [2.45, 2.75) is 95.7 Å². The van der Waals surface area contributed by atoms with Crippen LogP contribution in [0.2, 0.25) is 0 Å². The number of aliphatic hydroxyl groups excluding tert-OH is 1. The summed E-state index contributed by atoms with van der Waals surface area (Å²) in [4.78, 5) is 15.0. The van der Waals surface area contributed by atoms with E-state index in [0.717, 1.165) is 12.8 Å². The smallest absolute Gasteiger partial charge is 0.242 e. The second kappa shape index (κ2) is 11.0. The molecule has 0 spiro atoms. The number of nitrogens with one attached hydrogen (secondary N) is 2. The minimum atomic E-state index is -1.15. The number of hydrazine groups is 2. The molecule has 0 radical (unpaired) electrons. The van der Waals surface area contributed by atoms with Crippen LogP contribution in [-0.2, 0) is 9.53 Å². The van der Waals surface area contributed by atoms with Gasteiger partial charge in [-0.1, -0.05) is 32.1 Å². The van der Waals surface area contributed by atoms with Gasteiger partial charge in [0.15, 0.2) is 0 Å². The Bertz CT molecular complexity index is 516. The molecule has 168 valence electrons. The van der Waals surface area contributed by atoms with Crippen molar-refractivity contribution in [1.82, 2.24) is 20.9 Å². The van der Waals surface area contributed by atoms with Crippen LogP contribution in [0, 0.1) is 5.92 Å². The SMILES string of the molecule is CC(C)O[C@H]1CCN(C(=O)C2NNN(CCO)C2C2CCCCCCC2)C[C@H]1F. The quantitative estimate of drug-likeness (QED) is 0.615. The van der Waals surface area contributed by atoms with E-state index < -0.39 is 18.3 Å². The van der Waals surface area contributed by atoms with E-state index in [0.29, 0.717) is 25.4 Å². The average molecular weight is 415 g/mol. The van der Waals surface area contributed by atoms with Crippen molar-refractivity contribution >= 4 is 5.91 Å². The van der Waals surface area contributed by atoms with E-state index in [-0.39, 0.29) is 31.2 Å². The number of hydrogen-bond acceptors (Lipinski definition) is 6. The number of hydrogen-bond donors (Lipinski definition) is 3. The summed E-state index contributed by atoms with van der Waals surface area (Å²) in [5, 5.41) is 11.5. The summed E-state index contributed by atoms with van der Waals surface area (Å²) in [6.07, 6.45) is 7.26. The molecule has 0 aromatic rings. The van der Waals surface area contributed by atoms with Gasteiger partial charge < -0.3 is 14.7 Å². The third-order valence-electron chi connectivity index (χ3n) is 6.55. The van der Waals surface area contributed by atoms with Crippen molar-refractivity contribution in [3.8, 4) is 0 Å². The van der Waals surface area contributed by atoms with E-state index in [2.05, 4.69) is 11.0 Å². The first-order valence-electron chi connectivity index (χ1n) is 11.5. The fourth-order valence-electron chi connectivity index (χ4n) is 5.15. The first kappa shape index (κ1) is 22.9. The second-order valence-electron chi connectivity index (χ2n) is 9.06. The summed E-state index contributed by atoms with van der Waals surface area (Å²) in [5.41, 5.74) is 6.26. The zero-order chi connectivity index (χ0) is 20.8. The molecule has 29 heavy (non-hydrogen) atoms. The predicted octanol–water partition coefficient (Wildman–Crippen LogP) is 1.77. The predicted molar refractivity (Wildman–Crippen MR) is 110 cm³/mol. The fraction of sp³-hybridized carbons (Fsp3) is 0.952. The van der Waals surface area contributed by atoms with Gasteiger partial charge in [-0.05, 0) is 39.0 Å². The number of amides is 1. The van der Waals surface area contributed by atoms with E-state index in [1.54, 1.807) is 4.90 Å². The largest absolute Gasteiger partial charge is 0.395 e. The molecule has 2 unspecified atom stereocenters. The Morgan fingerprint density at radius 2 is 1.86 bits per heavy atom. The molecule has 1 amide bonds. The molecule has 1 aliphatic carbocycles. The van der Waals surface area contributed by atoms with Gasteiger partial charge in [-0.2, -0.15) is 5.53 Å². The topological polar surface area (TPSA) is 77.1 Å². The molecule has 3 aliphatic rings. The molecule has 3 N–H and O–H groups in total. The number of halogens is 1. The lowest BCUT2D eigenvalue weighted by Crippen LogP contribution is -2.57. The number of carbonyl (C=O) groups is 1. The van der Waals surface area contributed by atoms with Gasteiger partial charge in [-0.25, -0.2) is 14.8 Å². The van der Waals surface area contributed by atoms with E-state index in [1.165, 1.54) is 32.1 Å². The highest BCUT2D eigenvalue weighted by atomic mass is 19.1. The standard InChI is InChI=1S/C21H39FN4O3/c1-15(2)29-18-10-11-25(14-17(18)22)21(28)19-20(26(12-13-27)24-23-19)16-8-6-4-3-5-7-9-16/h15-20,23-24,27H,3-14H2,1-2H3/t17-,18+,19?,20?/m1/s1. The van der Waals surface area contributed by atoms with Crippen LogP contribution in [0.3, 0.4) is 0 Å². The normalized spacial score (nSPS) is 33.1. The van der Waals surface area contributed by atoms with Crippen LogP contribution in [-0.4, -0.2) is 77.6 Å². The highest BCUT2D eigenvalue weighted by Crippen LogP contribution is 2.31. The van der Waals surface area contributed by atoms with Crippen LogP contribution >= 0.6 is 0 Å². The first-order chi connectivity index (χ1) is 14.0. The average Bonchev–Trinajstić information content (AvgIpc) is 3.06. The number of β-amino-alcohol motifs (C(OH)–C–C–N with tert-alkyl or cyclic N) is 1. The first-order valence-corrected chi connectivity index (χ1v) is 11.5. The zero-order valence-electron chi connectivity index (χ0n) is 18.0. The Kier molecular flexibility index (Phi) is 8.68. The minimum Gasteiger partial charge on any atom is -0.395 e. The molecule has 7 nitrogen and oxygen atoms in total. The summed E-state index contributed by atoms with van der Waals surface area (Å²) in [6.45, 7) is 4.93. The Morgan fingerprint density at radius 3 is 2.48 bits per heavy atom. The summed E-state index contributed by atoms with van der Waals surface area (Å²) >= 11 is 0. The van der Waals surface area contributed by atoms with Crippen LogP contribution in [0.15, 0.2) is 0 Å². The molecular weight excluding hydrogens is 375 g/mol. The van der Waals surface area contributed by atoms with Crippen LogP contribution in [0.4, 0.5) is 4.39 Å². The maximum atomic E-state index is 14.7. The maximum Gasteiger partial charge on any atom is 0.242 e. The lowest BCUT2D eigenvalue weighted by atomic mass is 9.82. The van der Waals surface area contributed by atoms with Crippen molar-refractivity contribution in [3.05, 3.63) is 0 Å². The van der Waals surface area contributed by atoms with E-state index in [9.17, 15) is 14.3 Å². The zero-order valence-corrected chi connectivity index (χ0v) is 18.0. The second-order valence-corrected chi connectivity index (χ2v) is 9.06. The molecule has 2 saturated heterocycles. The highest BCUT2D eigenvalue weighted by molar-refractivity contribution is 5.83. The Labute approximate surface area is 174 Å². The fourth-order valence-corrected chi connectivity index (χ4v) is 5.15. The van der Waals surface area contributed by atoms with E-state index in [1.807, 2.05) is 18.9 Å². The number of aliphatic hydroxyl groups is 1. The van der Waals surface area contributed by atoms with E-state index >= 15 is 0 Å². The number of rotatable bonds is 6. The van der Waals surface area contributed by atoms with Crippen LogP contribution in [0.5, 0.6) is 0 Å². The van der Waals surface area contributed by atoms with Crippen molar-refractivity contribution in [3.63, 3.8) is 0 Å². The van der Waals surface area contributed by atoms with Gasteiger partial charge in [-0.15, -0.1) is 0 Å². The van der Waals surface area contributed by atoms with Crippen molar-refractivity contribution in [2.75, 3.05) is 26.2 Å². The summed E-state index contributed by atoms with van der Waals surface area (Å²) in [7, 11) is 0. The molecule has 0 aromatic heterocycles. The molecule has 1 saturated carbocycles. The Hall–Kier alpha value is -0.800. The lowest BCUT2D eigenvalue weighted by Gasteiger charge is -2.39. The number of piperidine rings is 1.